The number of esters is 2. The molecule has 2 aliphatic heterocycles. The lowest BCUT2D eigenvalue weighted by molar-refractivity contribution is -0.308. The molecular formula is C43H68O13. The highest BCUT2D eigenvalue weighted by molar-refractivity contribution is 5.79. The fourth-order valence-electron chi connectivity index (χ4n) is 13.8. The molecule has 19 atom stereocenters. The molecule has 13 nitrogen and oxygen atoms in total. The molecule has 7 rings (SSSR count). The number of aliphatic hydroxyl groups excluding tert-OH is 6. The zero-order chi connectivity index (χ0) is 40.9. The van der Waals surface area contributed by atoms with E-state index in [9.17, 15) is 40.2 Å². The van der Waals surface area contributed by atoms with Crippen LogP contribution in [0, 0.1) is 56.7 Å². The number of carbonyl (C=O) groups excluding carboxylic acids is 2. The average molecular weight is 793 g/mol. The Labute approximate surface area is 331 Å². The van der Waals surface area contributed by atoms with E-state index >= 15 is 0 Å². The Bertz CT molecular complexity index is 1530. The molecule has 2 heterocycles. The summed E-state index contributed by atoms with van der Waals surface area (Å²) in [7, 11) is 0. The SMILES string of the molecule is CC(=O)O[C@H]1[C@H](O)[C@@H](OC(=O)[C@]23CC[C@H](C)[C@@H](C)[C@@H]2C2=CC[C@@H]4[C@]5(C)CC[C@H](O[C@H]6OC[C@H](O)[C@@H](O)[C@@H]6O)C(C)(C)[C@H]5CC[C@]4(C)[C@]2(C)CC3)O[C@@H](CO)[C@@H]1O. The summed E-state index contributed by atoms with van der Waals surface area (Å²) in [4.78, 5) is 26.6. The van der Waals surface area contributed by atoms with Crippen LogP contribution in [0.3, 0.4) is 0 Å². The molecule has 0 radical (unpaired) electrons. The summed E-state index contributed by atoms with van der Waals surface area (Å²) >= 11 is 0. The third kappa shape index (κ3) is 6.26. The Morgan fingerprint density at radius 2 is 1.54 bits per heavy atom. The van der Waals surface area contributed by atoms with E-state index in [0.717, 1.165) is 51.9 Å². The van der Waals surface area contributed by atoms with Crippen molar-refractivity contribution >= 4 is 11.9 Å². The van der Waals surface area contributed by atoms with Gasteiger partial charge in [0, 0.05) is 6.92 Å². The molecule has 0 amide bonds. The van der Waals surface area contributed by atoms with E-state index in [4.69, 9.17) is 23.7 Å². The van der Waals surface area contributed by atoms with Crippen molar-refractivity contribution in [3.05, 3.63) is 11.6 Å². The highest BCUT2D eigenvalue weighted by Crippen LogP contribution is 2.76. The molecule has 318 valence electrons. The van der Waals surface area contributed by atoms with Crippen LogP contribution in [-0.4, -0.2) is 117 Å². The van der Waals surface area contributed by atoms with Crippen molar-refractivity contribution in [1.29, 1.82) is 0 Å². The topological polar surface area (TPSA) is 202 Å². The molecule has 5 aliphatic carbocycles. The Morgan fingerprint density at radius 3 is 2.21 bits per heavy atom. The first-order chi connectivity index (χ1) is 26.2. The summed E-state index contributed by atoms with van der Waals surface area (Å²) in [5.74, 6) is -0.0344. The second kappa shape index (κ2) is 14.8. The van der Waals surface area contributed by atoms with Crippen LogP contribution < -0.4 is 0 Å². The summed E-state index contributed by atoms with van der Waals surface area (Å²) in [6.07, 6.45) is -2.38. The van der Waals surface area contributed by atoms with Crippen LogP contribution in [0.25, 0.3) is 0 Å². The fraction of sp³-hybridized carbons (Fsp3) is 0.907. The highest BCUT2D eigenvalue weighted by atomic mass is 16.7. The van der Waals surface area contributed by atoms with Gasteiger partial charge in [0.15, 0.2) is 18.5 Å². The number of aliphatic hydroxyl groups is 6. The van der Waals surface area contributed by atoms with Crippen LogP contribution in [0.4, 0.5) is 0 Å². The van der Waals surface area contributed by atoms with Gasteiger partial charge in [0.1, 0.15) is 30.5 Å². The van der Waals surface area contributed by atoms with Gasteiger partial charge in [0.25, 0.3) is 0 Å². The summed E-state index contributed by atoms with van der Waals surface area (Å²) in [5, 5.41) is 62.9. The monoisotopic (exact) mass is 792 g/mol. The van der Waals surface area contributed by atoms with E-state index in [-0.39, 0.29) is 46.2 Å². The van der Waals surface area contributed by atoms with Crippen LogP contribution in [0.2, 0.25) is 0 Å². The van der Waals surface area contributed by atoms with E-state index in [1.54, 1.807) is 0 Å². The molecular weight excluding hydrogens is 724 g/mol. The van der Waals surface area contributed by atoms with E-state index in [0.29, 0.717) is 30.6 Å². The predicted octanol–water partition coefficient (Wildman–Crippen LogP) is 3.38. The molecule has 0 aromatic carbocycles. The number of hydrogen-bond donors (Lipinski definition) is 6. The van der Waals surface area contributed by atoms with Crippen molar-refractivity contribution < 1.29 is 63.9 Å². The lowest BCUT2D eigenvalue weighted by Gasteiger charge is -2.71. The lowest BCUT2D eigenvalue weighted by Crippen LogP contribution is -2.66. The molecule has 0 aromatic rings. The van der Waals surface area contributed by atoms with Crippen molar-refractivity contribution in [3.8, 4) is 0 Å². The molecule has 6 fully saturated rings. The molecule has 2 saturated heterocycles. The Balaban J connectivity index is 1.16. The van der Waals surface area contributed by atoms with Gasteiger partial charge in [-0.25, -0.2) is 0 Å². The van der Waals surface area contributed by atoms with Gasteiger partial charge in [-0.15, -0.1) is 0 Å². The van der Waals surface area contributed by atoms with Crippen LogP contribution >= 0.6 is 0 Å². The first kappa shape index (κ1) is 42.4. The lowest BCUT2D eigenvalue weighted by atomic mass is 9.33. The average Bonchev–Trinajstić information content (AvgIpc) is 3.14. The molecule has 13 heteroatoms. The standard InChI is InChI=1S/C43H68O13/c1-21-11-16-43(38(51)56-37-34(50)35(53-23(3)45)32(48)26(19-44)54-37)18-17-41(7)24(30(43)22(21)2)9-10-28-40(6)14-13-29(39(4,5)27(40)12-15-42(28,41)8)55-36-33(49)31(47)25(46)20-52-36/h9,21-22,25-37,44,46-50H,10-20H2,1-8H3/t21-,22+,25-,26-,27+,28+,29-,30+,31+,32-,33-,34-,35+,36+,37+,40+,41+,42-,43-/m0/s1. The summed E-state index contributed by atoms with van der Waals surface area (Å²) in [6, 6.07) is 0. The second-order valence-corrected chi connectivity index (χ2v) is 20.2. The number of carbonyl (C=O) groups is 2. The number of hydrogen-bond acceptors (Lipinski definition) is 13. The van der Waals surface area contributed by atoms with Gasteiger partial charge in [0.2, 0.25) is 6.29 Å². The maximum Gasteiger partial charge on any atom is 0.315 e. The second-order valence-electron chi connectivity index (χ2n) is 20.2. The van der Waals surface area contributed by atoms with E-state index in [1.807, 2.05) is 0 Å². The molecule has 56 heavy (non-hydrogen) atoms. The minimum atomic E-state index is -1.64. The van der Waals surface area contributed by atoms with E-state index < -0.39 is 79.3 Å². The number of rotatable bonds is 6. The summed E-state index contributed by atoms with van der Waals surface area (Å²) < 4.78 is 29.3. The largest absolute Gasteiger partial charge is 0.457 e. The van der Waals surface area contributed by atoms with E-state index in [1.165, 1.54) is 5.57 Å². The molecule has 4 saturated carbocycles. The maximum absolute atomic E-state index is 14.8. The van der Waals surface area contributed by atoms with Crippen LogP contribution in [-0.2, 0) is 33.3 Å². The van der Waals surface area contributed by atoms with Gasteiger partial charge in [-0.3, -0.25) is 9.59 Å². The van der Waals surface area contributed by atoms with E-state index in [2.05, 4.69) is 54.5 Å². The minimum absolute atomic E-state index is 0.0111. The smallest absolute Gasteiger partial charge is 0.315 e. The van der Waals surface area contributed by atoms with Crippen LogP contribution in [0.1, 0.15) is 113 Å². The molecule has 0 spiro atoms. The normalized spacial score (nSPS) is 52.6. The highest BCUT2D eigenvalue weighted by Gasteiger charge is 2.70. The Hall–Kier alpha value is -1.68. The first-order valence-electron chi connectivity index (χ1n) is 21.2. The van der Waals surface area contributed by atoms with Gasteiger partial charge < -0.3 is 54.3 Å². The third-order valence-corrected chi connectivity index (χ3v) is 17.4. The molecule has 6 N–H and O–H groups in total. The van der Waals surface area contributed by atoms with Gasteiger partial charge in [0.05, 0.1) is 24.7 Å². The van der Waals surface area contributed by atoms with Gasteiger partial charge in [-0.05, 0) is 109 Å². The summed E-state index contributed by atoms with van der Waals surface area (Å²) in [6.45, 7) is 16.9. The fourth-order valence-corrected chi connectivity index (χ4v) is 13.8. The predicted molar refractivity (Wildman–Crippen MR) is 201 cm³/mol. The zero-order valence-electron chi connectivity index (χ0n) is 34.6. The van der Waals surface area contributed by atoms with Gasteiger partial charge in [-0.1, -0.05) is 60.1 Å². The summed E-state index contributed by atoms with van der Waals surface area (Å²) in [5.41, 5.74) is -0.0378. The Morgan fingerprint density at radius 1 is 0.821 bits per heavy atom. The van der Waals surface area contributed by atoms with Crippen molar-refractivity contribution in [2.45, 2.75) is 175 Å². The van der Waals surface area contributed by atoms with Gasteiger partial charge >= 0.3 is 11.9 Å². The van der Waals surface area contributed by atoms with Crippen molar-refractivity contribution in [1.82, 2.24) is 0 Å². The van der Waals surface area contributed by atoms with Gasteiger partial charge in [-0.2, -0.15) is 0 Å². The zero-order valence-corrected chi connectivity index (χ0v) is 34.6. The molecule has 0 bridgehead atoms. The Kier molecular flexibility index (Phi) is 11.2. The third-order valence-electron chi connectivity index (χ3n) is 17.4. The maximum atomic E-state index is 14.8. The molecule has 0 aromatic heterocycles. The first-order valence-corrected chi connectivity index (χ1v) is 21.2. The number of fused-ring (bicyclic) bond motifs is 7. The number of allylic oxidation sites excluding steroid dienone is 2. The van der Waals surface area contributed by atoms with Crippen LogP contribution in [0.5, 0.6) is 0 Å². The van der Waals surface area contributed by atoms with Crippen molar-refractivity contribution in [3.63, 3.8) is 0 Å². The minimum Gasteiger partial charge on any atom is -0.457 e. The quantitative estimate of drug-likeness (QED) is 0.130. The van der Waals surface area contributed by atoms with Crippen molar-refractivity contribution in [2.24, 2.45) is 56.7 Å². The van der Waals surface area contributed by atoms with Crippen LogP contribution in [0.15, 0.2) is 11.6 Å². The van der Waals surface area contributed by atoms with Crippen molar-refractivity contribution in [2.75, 3.05) is 13.2 Å². The molecule has 7 aliphatic rings. The number of ether oxygens (including phenoxy) is 5. The molecule has 0 unspecified atom stereocenters.